The number of rotatable bonds is 7. The number of nitrogens with one attached hydrogen (secondary N) is 1. The lowest BCUT2D eigenvalue weighted by molar-refractivity contribution is -0.123. The van der Waals surface area contributed by atoms with Gasteiger partial charge in [0.15, 0.2) is 18.1 Å². The second-order valence-corrected chi connectivity index (χ2v) is 8.92. The minimum atomic E-state index is -0.368. The zero-order chi connectivity index (χ0) is 21.6. The van der Waals surface area contributed by atoms with Crippen LogP contribution in [0.1, 0.15) is 31.9 Å². The Morgan fingerprint density at radius 1 is 1.07 bits per heavy atom. The predicted molar refractivity (Wildman–Crippen MR) is 121 cm³/mol. The van der Waals surface area contributed by atoms with Gasteiger partial charge in [0.1, 0.15) is 5.75 Å². The van der Waals surface area contributed by atoms with Crippen molar-refractivity contribution in [3.63, 3.8) is 0 Å². The first-order valence-corrected chi connectivity index (χ1v) is 10.4. The monoisotopic (exact) mass is 526 g/mol. The summed E-state index contributed by atoms with van der Waals surface area (Å²) in [5.74, 6) is 1.38. The minimum absolute atomic E-state index is 0.0340. The molecule has 0 atom stereocenters. The van der Waals surface area contributed by atoms with Crippen LogP contribution in [-0.4, -0.2) is 32.9 Å². The molecule has 0 fully saturated rings. The van der Waals surface area contributed by atoms with Crippen molar-refractivity contribution < 1.29 is 19.0 Å². The number of methoxy groups -OCH3 is 2. The van der Waals surface area contributed by atoms with E-state index in [2.05, 4.69) is 63.2 Å². The molecule has 0 aliphatic heterocycles. The van der Waals surface area contributed by atoms with E-state index >= 15 is 0 Å². The highest BCUT2D eigenvalue weighted by Crippen LogP contribution is 2.36. The van der Waals surface area contributed by atoms with Crippen molar-refractivity contribution in [2.75, 3.05) is 20.8 Å². The summed E-state index contributed by atoms with van der Waals surface area (Å²) >= 11 is 6.91. The maximum Gasteiger partial charge on any atom is 0.277 e. The Morgan fingerprint density at radius 2 is 1.79 bits per heavy atom. The van der Waals surface area contributed by atoms with Gasteiger partial charge in [-0.15, -0.1) is 0 Å². The van der Waals surface area contributed by atoms with Gasteiger partial charge >= 0.3 is 0 Å². The maximum atomic E-state index is 12.0. The molecular weight excluding hydrogens is 504 g/mol. The summed E-state index contributed by atoms with van der Waals surface area (Å²) in [4.78, 5) is 12.0. The summed E-state index contributed by atoms with van der Waals surface area (Å²) < 4.78 is 17.7. The van der Waals surface area contributed by atoms with Crippen molar-refractivity contribution >= 4 is 44.0 Å². The molecule has 0 aliphatic carbocycles. The molecule has 6 nitrogen and oxygen atoms in total. The van der Waals surface area contributed by atoms with Crippen molar-refractivity contribution in [1.29, 1.82) is 0 Å². The van der Waals surface area contributed by atoms with Gasteiger partial charge in [-0.2, -0.15) is 5.10 Å². The molecule has 1 N–H and O–H groups in total. The van der Waals surface area contributed by atoms with Crippen LogP contribution in [0, 0.1) is 0 Å². The molecular formula is C21H24Br2N2O4. The number of hydrazone groups is 1. The molecule has 0 unspecified atom stereocenters. The molecule has 0 radical (unpaired) electrons. The average Bonchev–Trinajstić information content (AvgIpc) is 2.65. The summed E-state index contributed by atoms with van der Waals surface area (Å²) in [5, 5.41) is 3.96. The minimum Gasteiger partial charge on any atom is -0.493 e. The molecule has 0 heterocycles. The summed E-state index contributed by atoms with van der Waals surface area (Å²) in [5.41, 5.74) is 4.38. The van der Waals surface area contributed by atoms with Crippen molar-refractivity contribution in [3.05, 3.63) is 50.4 Å². The molecule has 2 aromatic rings. The highest BCUT2D eigenvalue weighted by atomic mass is 79.9. The van der Waals surface area contributed by atoms with E-state index < -0.39 is 0 Å². The standard InChI is InChI=1S/C21H24Br2N2O4/c1-21(2,3)14-6-7-17(15(22)10-14)29-12-19(26)25-24-11-13-8-16(23)20(28-5)18(9-13)27-4/h6-11H,12H2,1-5H3,(H,25,26)/b24-11+. The smallest absolute Gasteiger partial charge is 0.277 e. The third kappa shape index (κ3) is 6.47. The Morgan fingerprint density at radius 3 is 2.38 bits per heavy atom. The fourth-order valence-electron chi connectivity index (χ4n) is 2.45. The Hall–Kier alpha value is -2.06. The molecule has 0 aromatic heterocycles. The molecule has 2 rings (SSSR count). The van der Waals surface area contributed by atoms with Crippen LogP contribution >= 0.6 is 31.9 Å². The third-order valence-electron chi connectivity index (χ3n) is 4.02. The second-order valence-electron chi connectivity index (χ2n) is 7.22. The van der Waals surface area contributed by atoms with E-state index in [9.17, 15) is 4.79 Å². The van der Waals surface area contributed by atoms with Crippen LogP contribution in [0.3, 0.4) is 0 Å². The lowest BCUT2D eigenvalue weighted by Crippen LogP contribution is -2.24. The third-order valence-corrected chi connectivity index (χ3v) is 5.22. The summed E-state index contributed by atoms with van der Waals surface area (Å²) in [7, 11) is 3.11. The van der Waals surface area contributed by atoms with Crippen LogP contribution in [0.25, 0.3) is 0 Å². The zero-order valence-corrected chi connectivity index (χ0v) is 20.2. The van der Waals surface area contributed by atoms with E-state index in [4.69, 9.17) is 14.2 Å². The van der Waals surface area contributed by atoms with Gasteiger partial charge in [-0.3, -0.25) is 4.79 Å². The lowest BCUT2D eigenvalue weighted by Gasteiger charge is -2.20. The Balaban J connectivity index is 1.95. The van der Waals surface area contributed by atoms with Crippen LogP contribution in [0.5, 0.6) is 17.2 Å². The van der Waals surface area contributed by atoms with E-state index in [1.807, 2.05) is 18.2 Å². The molecule has 0 saturated heterocycles. The fraction of sp³-hybridized carbons (Fsp3) is 0.333. The first kappa shape index (κ1) is 23.2. The highest BCUT2D eigenvalue weighted by Gasteiger charge is 2.15. The molecule has 0 spiro atoms. The predicted octanol–water partition coefficient (Wildman–Crippen LogP) is 5.06. The zero-order valence-electron chi connectivity index (χ0n) is 17.0. The molecule has 1 amide bonds. The first-order valence-electron chi connectivity index (χ1n) is 8.82. The summed E-state index contributed by atoms with van der Waals surface area (Å²) in [6.07, 6.45) is 1.51. The number of halogens is 2. The molecule has 0 bridgehead atoms. The van der Waals surface area contributed by atoms with E-state index in [-0.39, 0.29) is 17.9 Å². The number of hydrogen-bond acceptors (Lipinski definition) is 5. The molecule has 29 heavy (non-hydrogen) atoms. The quantitative estimate of drug-likeness (QED) is 0.404. The second kappa shape index (κ2) is 10.1. The molecule has 0 aliphatic rings. The van der Waals surface area contributed by atoms with Gasteiger partial charge in [-0.25, -0.2) is 5.43 Å². The van der Waals surface area contributed by atoms with Gasteiger partial charge in [0.25, 0.3) is 5.91 Å². The summed E-state index contributed by atoms with van der Waals surface area (Å²) in [6, 6.07) is 9.40. The van der Waals surface area contributed by atoms with Crippen LogP contribution in [0.2, 0.25) is 0 Å². The van der Waals surface area contributed by atoms with Gasteiger partial charge in [-0.1, -0.05) is 26.8 Å². The van der Waals surface area contributed by atoms with Crippen LogP contribution in [-0.2, 0) is 10.2 Å². The van der Waals surface area contributed by atoms with Gasteiger partial charge in [0.2, 0.25) is 0 Å². The number of amides is 1. The molecule has 156 valence electrons. The van der Waals surface area contributed by atoms with E-state index in [1.165, 1.54) is 11.8 Å². The van der Waals surface area contributed by atoms with Crippen LogP contribution < -0.4 is 19.6 Å². The van der Waals surface area contributed by atoms with Crippen molar-refractivity contribution in [2.24, 2.45) is 5.10 Å². The Labute approximate surface area is 187 Å². The average molecular weight is 528 g/mol. The maximum absolute atomic E-state index is 12.0. The number of ether oxygens (including phenoxy) is 3. The fourth-order valence-corrected chi connectivity index (χ4v) is 3.57. The molecule has 8 heteroatoms. The highest BCUT2D eigenvalue weighted by molar-refractivity contribution is 9.10. The van der Waals surface area contributed by atoms with Crippen molar-refractivity contribution in [3.8, 4) is 17.2 Å². The van der Waals surface area contributed by atoms with Gasteiger partial charge in [-0.05, 0) is 72.7 Å². The van der Waals surface area contributed by atoms with Crippen molar-refractivity contribution in [1.82, 2.24) is 5.43 Å². The Bertz CT molecular complexity index is 908. The SMILES string of the molecule is COc1cc(/C=N/NC(=O)COc2ccc(C(C)(C)C)cc2Br)cc(Br)c1OC. The topological polar surface area (TPSA) is 69.2 Å². The number of hydrogen-bond donors (Lipinski definition) is 1. The largest absolute Gasteiger partial charge is 0.493 e. The van der Waals surface area contributed by atoms with E-state index in [1.54, 1.807) is 26.4 Å². The van der Waals surface area contributed by atoms with Gasteiger partial charge in [0.05, 0.1) is 29.4 Å². The molecule has 2 aromatic carbocycles. The van der Waals surface area contributed by atoms with Gasteiger partial charge in [0, 0.05) is 0 Å². The number of nitrogens with zero attached hydrogens (tertiary/aromatic N) is 1. The first-order chi connectivity index (χ1) is 13.7. The number of carbonyl (C=O) groups is 1. The number of carbonyl (C=O) groups excluding carboxylic acids is 1. The van der Waals surface area contributed by atoms with Crippen LogP contribution in [0.15, 0.2) is 44.4 Å². The van der Waals surface area contributed by atoms with Crippen molar-refractivity contribution in [2.45, 2.75) is 26.2 Å². The van der Waals surface area contributed by atoms with Gasteiger partial charge < -0.3 is 14.2 Å². The normalized spacial score (nSPS) is 11.4. The number of benzene rings is 2. The summed E-state index contributed by atoms with van der Waals surface area (Å²) in [6.45, 7) is 6.26. The van der Waals surface area contributed by atoms with E-state index in [0.29, 0.717) is 17.2 Å². The van der Waals surface area contributed by atoms with E-state index in [0.717, 1.165) is 14.5 Å². The molecule has 0 saturated carbocycles. The lowest BCUT2D eigenvalue weighted by atomic mass is 9.87. The van der Waals surface area contributed by atoms with Crippen LogP contribution in [0.4, 0.5) is 0 Å². The Kier molecular flexibility index (Phi) is 8.10.